The minimum atomic E-state index is -0.853. The summed E-state index contributed by atoms with van der Waals surface area (Å²) in [7, 11) is 0. The Balaban J connectivity index is 1.98. The molecule has 0 radical (unpaired) electrons. The van der Waals surface area contributed by atoms with Crippen LogP contribution in [0.15, 0.2) is 23.4 Å². The Hall–Kier alpha value is -1.53. The normalized spacial score (nSPS) is 14.4. The molecule has 110 valence electrons. The van der Waals surface area contributed by atoms with Crippen molar-refractivity contribution in [3.05, 3.63) is 28.8 Å². The van der Waals surface area contributed by atoms with Gasteiger partial charge in [0.2, 0.25) is 0 Å². The topological polar surface area (TPSA) is 68.0 Å². The van der Waals surface area contributed by atoms with E-state index in [4.69, 9.17) is 16.7 Å². The Morgan fingerprint density at radius 2 is 2.24 bits per heavy atom. The average Bonchev–Trinajstić information content (AvgIpc) is 3.19. The summed E-state index contributed by atoms with van der Waals surface area (Å²) in [4.78, 5) is 10.7. The van der Waals surface area contributed by atoms with Gasteiger partial charge >= 0.3 is 5.97 Å². The molecule has 1 aliphatic carbocycles. The van der Waals surface area contributed by atoms with E-state index in [0.717, 1.165) is 34.8 Å². The van der Waals surface area contributed by atoms with Crippen molar-refractivity contribution in [2.75, 3.05) is 5.75 Å². The van der Waals surface area contributed by atoms with Gasteiger partial charge in [0, 0.05) is 16.6 Å². The van der Waals surface area contributed by atoms with Crippen molar-refractivity contribution in [1.29, 1.82) is 0 Å². The highest BCUT2D eigenvalue weighted by Crippen LogP contribution is 2.41. The molecule has 1 fully saturated rings. The Morgan fingerprint density at radius 3 is 2.86 bits per heavy atom. The molecule has 1 aromatic carbocycles. The molecule has 3 rings (SSSR count). The SMILES string of the molecule is Cc1cc(-c2nnc(SCC(=O)O)n2C2CC2)ccc1Cl. The lowest BCUT2D eigenvalue weighted by atomic mass is 10.1. The average molecular weight is 324 g/mol. The number of nitrogens with zero attached hydrogens (tertiary/aromatic N) is 3. The first-order valence-electron chi connectivity index (χ1n) is 6.62. The predicted octanol–water partition coefficient (Wildman–Crippen LogP) is 3.42. The highest BCUT2D eigenvalue weighted by molar-refractivity contribution is 7.99. The Labute approximate surface area is 131 Å². The highest BCUT2D eigenvalue weighted by atomic mass is 35.5. The third-order valence-electron chi connectivity index (χ3n) is 3.32. The van der Waals surface area contributed by atoms with Crippen LogP contribution in [-0.2, 0) is 4.79 Å². The summed E-state index contributed by atoms with van der Waals surface area (Å²) >= 11 is 7.27. The lowest BCUT2D eigenvalue weighted by Crippen LogP contribution is -2.03. The van der Waals surface area contributed by atoms with Crippen LogP contribution in [0, 0.1) is 6.92 Å². The van der Waals surface area contributed by atoms with E-state index in [0.29, 0.717) is 11.2 Å². The zero-order valence-electron chi connectivity index (χ0n) is 11.4. The maximum Gasteiger partial charge on any atom is 0.313 e. The van der Waals surface area contributed by atoms with E-state index in [-0.39, 0.29) is 5.75 Å². The van der Waals surface area contributed by atoms with Crippen LogP contribution < -0.4 is 0 Å². The van der Waals surface area contributed by atoms with Gasteiger partial charge in [-0.15, -0.1) is 10.2 Å². The lowest BCUT2D eigenvalue weighted by molar-refractivity contribution is -0.133. The standard InChI is InChI=1S/C14H14ClN3O2S/c1-8-6-9(2-5-11(8)15)13-16-17-14(21-7-12(19)20)18(13)10-3-4-10/h2,5-6,10H,3-4,7H2,1H3,(H,19,20). The van der Waals surface area contributed by atoms with Gasteiger partial charge in [0.25, 0.3) is 0 Å². The predicted molar refractivity (Wildman–Crippen MR) is 81.8 cm³/mol. The maximum atomic E-state index is 10.7. The fraction of sp³-hybridized carbons (Fsp3) is 0.357. The summed E-state index contributed by atoms with van der Waals surface area (Å²) in [6.07, 6.45) is 2.16. The quantitative estimate of drug-likeness (QED) is 0.854. The number of hydrogen-bond donors (Lipinski definition) is 1. The molecule has 21 heavy (non-hydrogen) atoms. The van der Waals surface area contributed by atoms with Crippen LogP contribution in [0.4, 0.5) is 0 Å². The fourth-order valence-electron chi connectivity index (χ4n) is 2.14. The van der Waals surface area contributed by atoms with Gasteiger partial charge in [-0.2, -0.15) is 0 Å². The number of thioether (sulfide) groups is 1. The zero-order chi connectivity index (χ0) is 15.0. The first kappa shape index (κ1) is 14.4. The van der Waals surface area contributed by atoms with Crippen LogP contribution in [0.25, 0.3) is 11.4 Å². The molecule has 1 saturated carbocycles. The van der Waals surface area contributed by atoms with Gasteiger partial charge in [-0.1, -0.05) is 23.4 Å². The summed E-state index contributed by atoms with van der Waals surface area (Å²) in [5.41, 5.74) is 1.94. The van der Waals surface area contributed by atoms with E-state index < -0.39 is 5.97 Å². The van der Waals surface area contributed by atoms with Crippen LogP contribution in [0.3, 0.4) is 0 Å². The summed E-state index contributed by atoms with van der Waals surface area (Å²) in [5, 5.41) is 18.6. The van der Waals surface area contributed by atoms with Gasteiger partial charge in [0.05, 0.1) is 5.75 Å². The first-order valence-corrected chi connectivity index (χ1v) is 7.98. The molecule has 0 unspecified atom stereocenters. The second-order valence-corrected chi connectivity index (χ2v) is 6.40. The molecule has 5 nitrogen and oxygen atoms in total. The molecule has 1 aromatic heterocycles. The van der Waals surface area contributed by atoms with Gasteiger partial charge in [0.1, 0.15) is 0 Å². The van der Waals surface area contributed by atoms with Gasteiger partial charge in [-0.3, -0.25) is 9.36 Å². The van der Waals surface area contributed by atoms with Gasteiger partial charge in [-0.25, -0.2) is 0 Å². The van der Waals surface area contributed by atoms with Crippen molar-refractivity contribution < 1.29 is 9.90 Å². The number of hydrogen-bond acceptors (Lipinski definition) is 4. The number of carbonyl (C=O) groups is 1. The Bertz CT molecular complexity index is 698. The summed E-state index contributed by atoms with van der Waals surface area (Å²) in [6, 6.07) is 6.13. The molecule has 0 amide bonds. The Morgan fingerprint density at radius 1 is 1.48 bits per heavy atom. The summed E-state index contributed by atoms with van der Waals surface area (Å²) < 4.78 is 2.05. The molecule has 1 N–H and O–H groups in total. The van der Waals surface area contributed by atoms with Gasteiger partial charge < -0.3 is 5.11 Å². The number of benzene rings is 1. The summed E-state index contributed by atoms with van der Waals surface area (Å²) in [6.45, 7) is 1.95. The monoisotopic (exact) mass is 323 g/mol. The third-order valence-corrected chi connectivity index (χ3v) is 4.67. The maximum absolute atomic E-state index is 10.7. The molecular formula is C14H14ClN3O2S. The van der Waals surface area contributed by atoms with Crippen molar-refractivity contribution in [2.45, 2.75) is 31.0 Å². The van der Waals surface area contributed by atoms with Crippen molar-refractivity contribution in [2.24, 2.45) is 0 Å². The van der Waals surface area contributed by atoms with Gasteiger partial charge in [0.15, 0.2) is 11.0 Å². The van der Waals surface area contributed by atoms with Crippen molar-refractivity contribution in [3.63, 3.8) is 0 Å². The number of aryl methyl sites for hydroxylation is 1. The molecule has 2 aromatic rings. The van der Waals surface area contributed by atoms with Crippen LogP contribution in [0.5, 0.6) is 0 Å². The lowest BCUT2D eigenvalue weighted by Gasteiger charge is -2.09. The number of aliphatic carboxylic acids is 1. The number of aromatic nitrogens is 3. The van der Waals surface area contributed by atoms with E-state index in [1.165, 1.54) is 11.8 Å². The number of carboxylic acids is 1. The molecule has 0 aliphatic heterocycles. The minimum absolute atomic E-state index is 0.00943. The summed E-state index contributed by atoms with van der Waals surface area (Å²) in [5.74, 6) is -0.0794. The Kier molecular flexibility index (Phi) is 3.91. The second kappa shape index (κ2) is 5.69. The molecule has 0 atom stereocenters. The smallest absolute Gasteiger partial charge is 0.313 e. The largest absolute Gasteiger partial charge is 0.481 e. The fourth-order valence-corrected chi connectivity index (χ4v) is 2.99. The van der Waals surface area contributed by atoms with E-state index in [1.807, 2.05) is 25.1 Å². The van der Waals surface area contributed by atoms with E-state index in [1.54, 1.807) is 0 Å². The number of halogens is 1. The molecule has 0 bridgehead atoms. The number of rotatable bonds is 5. The zero-order valence-corrected chi connectivity index (χ0v) is 13.0. The minimum Gasteiger partial charge on any atom is -0.481 e. The van der Waals surface area contributed by atoms with E-state index in [2.05, 4.69) is 14.8 Å². The molecule has 1 heterocycles. The van der Waals surface area contributed by atoms with Crippen molar-refractivity contribution >= 4 is 29.3 Å². The van der Waals surface area contributed by atoms with Crippen molar-refractivity contribution in [3.8, 4) is 11.4 Å². The highest BCUT2D eigenvalue weighted by Gasteiger charge is 2.30. The van der Waals surface area contributed by atoms with Crippen molar-refractivity contribution in [1.82, 2.24) is 14.8 Å². The number of carboxylic acid groups (broad SMARTS) is 1. The third kappa shape index (κ3) is 3.06. The van der Waals surface area contributed by atoms with Crippen LogP contribution in [-0.4, -0.2) is 31.6 Å². The van der Waals surface area contributed by atoms with Gasteiger partial charge in [-0.05, 0) is 43.5 Å². The van der Waals surface area contributed by atoms with Crippen LogP contribution >= 0.6 is 23.4 Å². The molecule has 7 heteroatoms. The molecule has 0 spiro atoms. The molecular weight excluding hydrogens is 310 g/mol. The first-order chi connectivity index (χ1) is 10.1. The molecule has 1 aliphatic rings. The van der Waals surface area contributed by atoms with E-state index >= 15 is 0 Å². The van der Waals surface area contributed by atoms with Crippen LogP contribution in [0.2, 0.25) is 5.02 Å². The second-order valence-electron chi connectivity index (χ2n) is 5.05. The van der Waals surface area contributed by atoms with E-state index in [9.17, 15) is 4.79 Å². The van der Waals surface area contributed by atoms with Crippen LogP contribution in [0.1, 0.15) is 24.4 Å². The molecule has 0 saturated heterocycles.